The average Bonchev–Trinajstić information content (AvgIpc) is 3.69. The minimum absolute atomic E-state index is 0.0434. The van der Waals surface area contributed by atoms with Gasteiger partial charge in [0.05, 0.1) is 18.2 Å². The first-order valence-corrected chi connectivity index (χ1v) is 17.6. The fraction of sp³-hybridized carbons (Fsp3) is 0.189. The molecule has 0 saturated carbocycles. The van der Waals surface area contributed by atoms with E-state index in [1.54, 1.807) is 48.5 Å². The monoisotopic (exact) mass is 697 g/mol. The highest BCUT2D eigenvalue weighted by atomic mass is 35.5. The van der Waals surface area contributed by atoms with Gasteiger partial charge in [-0.15, -0.1) is 10.2 Å². The molecular formula is C37H32ClN3O5S2. The first kappa shape index (κ1) is 33.3. The van der Waals surface area contributed by atoms with E-state index < -0.39 is 17.7 Å². The van der Waals surface area contributed by atoms with Crippen LogP contribution in [0.25, 0.3) is 5.76 Å². The number of nitrogens with zero attached hydrogens (tertiary/aromatic N) is 3. The summed E-state index contributed by atoms with van der Waals surface area (Å²) < 4.78 is 12.3. The average molecular weight is 698 g/mol. The molecule has 48 heavy (non-hydrogen) atoms. The molecule has 4 aromatic carbocycles. The SMILES string of the molecule is CCCCOc1ccc(C(O)=C2C(=O)C(=O)N(c3nnc(SCc4ccccc4Cl)s3)C2c2ccc(OCc3ccccc3)cc2)cc1. The van der Waals surface area contributed by atoms with Gasteiger partial charge in [0.2, 0.25) is 5.13 Å². The van der Waals surface area contributed by atoms with Crippen LogP contribution in [0.1, 0.15) is 48.1 Å². The highest BCUT2D eigenvalue weighted by Crippen LogP contribution is 2.44. The fourth-order valence-corrected chi connectivity index (χ4v) is 7.30. The molecule has 1 fully saturated rings. The Balaban J connectivity index is 1.32. The van der Waals surface area contributed by atoms with E-state index in [0.29, 0.717) is 51.0 Å². The Kier molecular flexibility index (Phi) is 10.7. The zero-order chi connectivity index (χ0) is 33.5. The lowest BCUT2D eigenvalue weighted by atomic mass is 9.95. The predicted molar refractivity (Wildman–Crippen MR) is 190 cm³/mol. The molecule has 0 aliphatic carbocycles. The van der Waals surface area contributed by atoms with E-state index in [1.165, 1.54) is 28.0 Å². The van der Waals surface area contributed by atoms with Gasteiger partial charge in [0, 0.05) is 16.3 Å². The van der Waals surface area contributed by atoms with Gasteiger partial charge in [-0.05, 0) is 65.6 Å². The van der Waals surface area contributed by atoms with Crippen LogP contribution in [0.15, 0.2) is 113 Å². The Morgan fingerprint density at radius 2 is 1.58 bits per heavy atom. The molecule has 1 unspecified atom stereocenters. The maximum Gasteiger partial charge on any atom is 0.301 e. The molecule has 2 heterocycles. The van der Waals surface area contributed by atoms with Crippen molar-refractivity contribution in [1.82, 2.24) is 10.2 Å². The van der Waals surface area contributed by atoms with Crippen LogP contribution in [0.4, 0.5) is 5.13 Å². The predicted octanol–water partition coefficient (Wildman–Crippen LogP) is 8.87. The second kappa shape index (κ2) is 15.5. The number of thioether (sulfide) groups is 1. The van der Waals surface area contributed by atoms with Gasteiger partial charge in [-0.3, -0.25) is 14.5 Å². The third kappa shape index (κ3) is 7.57. The number of carbonyl (C=O) groups excluding carboxylic acids is 2. The van der Waals surface area contributed by atoms with E-state index in [0.717, 1.165) is 24.0 Å². The second-order valence-electron chi connectivity index (χ2n) is 11.0. The molecular weight excluding hydrogens is 666 g/mol. The third-order valence-electron chi connectivity index (χ3n) is 7.69. The number of Topliss-reactive ketones (excluding diaryl/α,β-unsaturated/α-hetero) is 1. The maximum atomic E-state index is 13.7. The van der Waals surface area contributed by atoms with Crippen molar-refractivity contribution in [2.45, 2.75) is 42.5 Å². The molecule has 1 amide bonds. The van der Waals surface area contributed by atoms with Gasteiger partial charge in [0.15, 0.2) is 4.34 Å². The summed E-state index contributed by atoms with van der Waals surface area (Å²) >= 11 is 8.96. The number of amides is 1. The molecule has 1 atom stereocenters. The second-order valence-corrected chi connectivity index (χ2v) is 13.6. The van der Waals surface area contributed by atoms with Crippen LogP contribution in [0.5, 0.6) is 11.5 Å². The molecule has 1 aliphatic rings. The number of aliphatic hydroxyl groups is 1. The molecule has 8 nitrogen and oxygen atoms in total. The van der Waals surface area contributed by atoms with Gasteiger partial charge in [-0.1, -0.05) is 109 Å². The summed E-state index contributed by atoms with van der Waals surface area (Å²) in [5.41, 5.74) is 2.91. The number of halogens is 1. The highest BCUT2D eigenvalue weighted by molar-refractivity contribution is 8.00. The number of unbranched alkanes of at least 4 members (excludes halogenated alkanes) is 1. The van der Waals surface area contributed by atoms with E-state index >= 15 is 0 Å². The summed E-state index contributed by atoms with van der Waals surface area (Å²) in [6.45, 7) is 3.05. The molecule has 244 valence electrons. The van der Waals surface area contributed by atoms with Crippen LogP contribution in [-0.2, 0) is 21.9 Å². The van der Waals surface area contributed by atoms with Crippen LogP contribution in [0.2, 0.25) is 5.02 Å². The van der Waals surface area contributed by atoms with E-state index in [1.807, 2.05) is 54.6 Å². The van der Waals surface area contributed by atoms with Gasteiger partial charge < -0.3 is 14.6 Å². The van der Waals surface area contributed by atoms with Crippen molar-refractivity contribution in [2.24, 2.45) is 0 Å². The number of aromatic nitrogens is 2. The smallest absolute Gasteiger partial charge is 0.301 e. The molecule has 1 aromatic heterocycles. The summed E-state index contributed by atoms with van der Waals surface area (Å²) in [5, 5.41) is 21.1. The normalized spacial score (nSPS) is 15.5. The Labute approximate surface area is 292 Å². The van der Waals surface area contributed by atoms with Crippen molar-refractivity contribution in [3.05, 3.63) is 136 Å². The van der Waals surface area contributed by atoms with Gasteiger partial charge in [-0.25, -0.2) is 0 Å². The molecule has 0 spiro atoms. The van der Waals surface area contributed by atoms with Crippen LogP contribution < -0.4 is 14.4 Å². The summed E-state index contributed by atoms with van der Waals surface area (Å²) in [6, 6.07) is 30.4. The van der Waals surface area contributed by atoms with Crippen molar-refractivity contribution < 1.29 is 24.2 Å². The quantitative estimate of drug-likeness (QED) is 0.0325. The first-order chi connectivity index (χ1) is 23.4. The lowest BCUT2D eigenvalue weighted by Crippen LogP contribution is -2.29. The molecule has 5 aromatic rings. The van der Waals surface area contributed by atoms with Gasteiger partial charge >= 0.3 is 5.91 Å². The number of hydrogen-bond acceptors (Lipinski definition) is 9. The van der Waals surface area contributed by atoms with Gasteiger partial charge in [0.25, 0.3) is 5.78 Å². The van der Waals surface area contributed by atoms with Crippen LogP contribution in [0, 0.1) is 0 Å². The number of ketones is 1. The highest BCUT2D eigenvalue weighted by Gasteiger charge is 2.48. The Morgan fingerprint density at radius 3 is 2.31 bits per heavy atom. The number of benzene rings is 4. The van der Waals surface area contributed by atoms with E-state index in [9.17, 15) is 14.7 Å². The van der Waals surface area contributed by atoms with Crippen molar-refractivity contribution >= 4 is 57.3 Å². The molecule has 1 aliphatic heterocycles. The Hall–Kier alpha value is -4.64. The number of ether oxygens (including phenoxy) is 2. The Morgan fingerprint density at radius 1 is 0.896 bits per heavy atom. The zero-order valence-electron chi connectivity index (χ0n) is 26.0. The fourth-order valence-electron chi connectivity index (χ4n) is 5.14. The molecule has 6 rings (SSSR count). The van der Waals surface area contributed by atoms with Crippen molar-refractivity contribution in [1.29, 1.82) is 0 Å². The van der Waals surface area contributed by atoms with Crippen molar-refractivity contribution in [3.63, 3.8) is 0 Å². The van der Waals surface area contributed by atoms with E-state index in [-0.39, 0.29) is 16.5 Å². The topological polar surface area (TPSA) is 102 Å². The van der Waals surface area contributed by atoms with Crippen LogP contribution >= 0.6 is 34.7 Å². The number of carbonyl (C=O) groups is 2. The number of aliphatic hydroxyl groups excluding tert-OH is 1. The third-order valence-corrected chi connectivity index (χ3v) is 10.2. The molecule has 0 radical (unpaired) electrons. The number of rotatable bonds is 13. The summed E-state index contributed by atoms with van der Waals surface area (Å²) in [4.78, 5) is 28.7. The zero-order valence-corrected chi connectivity index (χ0v) is 28.4. The maximum absolute atomic E-state index is 13.7. The number of anilines is 1. The molecule has 11 heteroatoms. The molecule has 1 N–H and O–H groups in total. The summed E-state index contributed by atoms with van der Waals surface area (Å²) in [6.07, 6.45) is 1.93. The van der Waals surface area contributed by atoms with Crippen LogP contribution in [0.3, 0.4) is 0 Å². The van der Waals surface area contributed by atoms with Crippen molar-refractivity contribution in [2.75, 3.05) is 11.5 Å². The number of hydrogen-bond donors (Lipinski definition) is 1. The standard InChI is InChI=1S/C37H32ClN3O5S2/c1-2-3-21-45-28-19-15-26(16-20-28)33(42)31-32(25-13-17-29(18-14-25)46-22-24-9-5-4-6-10-24)41(35(44)34(31)43)36-39-40-37(48-36)47-23-27-11-7-8-12-30(27)38/h4-20,32,42H,2-3,21-23H2,1H3. The van der Waals surface area contributed by atoms with Gasteiger partial charge in [-0.2, -0.15) is 0 Å². The van der Waals surface area contributed by atoms with Gasteiger partial charge in [0.1, 0.15) is 23.9 Å². The minimum Gasteiger partial charge on any atom is -0.507 e. The van der Waals surface area contributed by atoms with Crippen molar-refractivity contribution in [3.8, 4) is 11.5 Å². The largest absolute Gasteiger partial charge is 0.507 e. The van der Waals surface area contributed by atoms with E-state index in [4.69, 9.17) is 21.1 Å². The molecule has 1 saturated heterocycles. The lowest BCUT2D eigenvalue weighted by Gasteiger charge is -2.22. The lowest BCUT2D eigenvalue weighted by molar-refractivity contribution is -0.132. The summed E-state index contributed by atoms with van der Waals surface area (Å²) in [7, 11) is 0. The molecule has 0 bridgehead atoms. The summed E-state index contributed by atoms with van der Waals surface area (Å²) in [5.74, 6) is -0.0802. The first-order valence-electron chi connectivity index (χ1n) is 15.4. The Bertz CT molecular complexity index is 1910. The van der Waals surface area contributed by atoms with Crippen LogP contribution in [-0.4, -0.2) is 33.6 Å². The van der Waals surface area contributed by atoms with E-state index in [2.05, 4.69) is 17.1 Å². The minimum atomic E-state index is -0.956.